The predicted molar refractivity (Wildman–Crippen MR) is 49.6 cm³/mol. The molecule has 0 saturated heterocycles. The van der Waals surface area contributed by atoms with E-state index in [2.05, 4.69) is 4.98 Å². The largest absolute Gasteiger partial charge is 0.223 e. The third-order valence-electron chi connectivity index (χ3n) is 1.90. The first-order chi connectivity index (χ1) is 6.77. The number of aromatic nitrogens is 1. The van der Waals surface area contributed by atoms with Gasteiger partial charge in [0, 0.05) is 5.56 Å². The number of rotatable bonds is 1. The van der Waals surface area contributed by atoms with Crippen molar-refractivity contribution in [2.75, 3.05) is 0 Å². The van der Waals surface area contributed by atoms with Gasteiger partial charge in [0.05, 0.1) is 0 Å². The first-order valence-corrected chi connectivity index (χ1v) is 4.15. The van der Waals surface area contributed by atoms with E-state index in [9.17, 15) is 8.78 Å². The molecule has 14 heavy (non-hydrogen) atoms. The molecular formula is C11H7F2N. The molecule has 1 nitrogen and oxygen atoms in total. The molecule has 1 aromatic heterocycles. The smallest absolute Gasteiger partial charge is 0.190 e. The van der Waals surface area contributed by atoms with Gasteiger partial charge < -0.3 is 0 Å². The van der Waals surface area contributed by atoms with Gasteiger partial charge in [0.25, 0.3) is 0 Å². The molecule has 0 radical (unpaired) electrons. The summed E-state index contributed by atoms with van der Waals surface area (Å²) in [5.74, 6) is -1.58. The summed E-state index contributed by atoms with van der Waals surface area (Å²) < 4.78 is 25.7. The van der Waals surface area contributed by atoms with Crippen LogP contribution in [0.25, 0.3) is 11.1 Å². The van der Waals surface area contributed by atoms with Crippen LogP contribution >= 0.6 is 0 Å². The first kappa shape index (κ1) is 8.81. The Morgan fingerprint density at radius 1 is 0.857 bits per heavy atom. The van der Waals surface area contributed by atoms with Gasteiger partial charge in [0.15, 0.2) is 0 Å². The maximum Gasteiger partial charge on any atom is 0.223 e. The molecule has 0 spiro atoms. The molecule has 0 aliphatic carbocycles. The summed E-state index contributed by atoms with van der Waals surface area (Å²) >= 11 is 0. The van der Waals surface area contributed by atoms with Crippen LogP contribution in [0.5, 0.6) is 0 Å². The van der Waals surface area contributed by atoms with Crippen molar-refractivity contribution in [2.24, 2.45) is 0 Å². The van der Waals surface area contributed by atoms with Crippen molar-refractivity contribution in [3.8, 4) is 11.1 Å². The Morgan fingerprint density at radius 3 is 2.21 bits per heavy atom. The summed E-state index contributed by atoms with van der Waals surface area (Å²) in [5.41, 5.74) is 1.00. The van der Waals surface area contributed by atoms with Crippen LogP contribution < -0.4 is 0 Å². The van der Waals surface area contributed by atoms with Gasteiger partial charge >= 0.3 is 0 Å². The molecule has 2 aromatic rings. The first-order valence-electron chi connectivity index (χ1n) is 4.15. The van der Waals surface area contributed by atoms with Crippen LogP contribution in [-0.2, 0) is 0 Å². The summed E-state index contributed by atoms with van der Waals surface area (Å²) in [6, 6.07) is 11.4. The molecule has 0 bridgehead atoms. The number of benzene rings is 1. The van der Waals surface area contributed by atoms with E-state index in [1.54, 1.807) is 24.3 Å². The molecule has 0 aliphatic heterocycles. The monoisotopic (exact) mass is 191 g/mol. The highest BCUT2D eigenvalue weighted by atomic mass is 19.1. The molecule has 3 heteroatoms. The normalized spacial score (nSPS) is 10.1. The lowest BCUT2D eigenvalue weighted by atomic mass is 10.1. The van der Waals surface area contributed by atoms with E-state index in [0.717, 1.165) is 6.07 Å². The molecule has 0 amide bonds. The Labute approximate surface area is 80.0 Å². The zero-order valence-corrected chi connectivity index (χ0v) is 7.24. The lowest BCUT2D eigenvalue weighted by Crippen LogP contribution is -1.91. The molecule has 0 unspecified atom stereocenters. The van der Waals surface area contributed by atoms with Gasteiger partial charge in [0.1, 0.15) is 0 Å². The van der Waals surface area contributed by atoms with Crippen molar-refractivity contribution in [3.63, 3.8) is 0 Å². The number of halogens is 2. The van der Waals surface area contributed by atoms with Crippen molar-refractivity contribution >= 4 is 0 Å². The number of hydrogen-bond donors (Lipinski definition) is 0. The van der Waals surface area contributed by atoms with Crippen LogP contribution in [0.15, 0.2) is 42.5 Å². The lowest BCUT2D eigenvalue weighted by molar-refractivity contribution is 0.515. The topological polar surface area (TPSA) is 12.9 Å². The highest BCUT2D eigenvalue weighted by Crippen LogP contribution is 2.20. The number of hydrogen-bond acceptors (Lipinski definition) is 1. The molecule has 0 fully saturated rings. The van der Waals surface area contributed by atoms with Gasteiger partial charge in [-0.25, -0.2) is 0 Å². The fourth-order valence-corrected chi connectivity index (χ4v) is 1.25. The fourth-order valence-electron chi connectivity index (χ4n) is 1.25. The summed E-state index contributed by atoms with van der Waals surface area (Å²) in [4.78, 5) is 3.12. The zero-order valence-electron chi connectivity index (χ0n) is 7.24. The number of pyridine rings is 1. The maximum atomic E-state index is 13.2. The third-order valence-corrected chi connectivity index (χ3v) is 1.90. The van der Waals surface area contributed by atoms with Crippen molar-refractivity contribution in [1.82, 2.24) is 4.98 Å². The van der Waals surface area contributed by atoms with Gasteiger partial charge in [-0.05, 0) is 17.7 Å². The van der Waals surface area contributed by atoms with E-state index < -0.39 is 11.9 Å². The van der Waals surface area contributed by atoms with E-state index in [1.807, 2.05) is 6.07 Å². The molecule has 0 saturated carbocycles. The van der Waals surface area contributed by atoms with Gasteiger partial charge in [-0.3, -0.25) is 0 Å². The second-order valence-corrected chi connectivity index (χ2v) is 2.84. The van der Waals surface area contributed by atoms with E-state index in [-0.39, 0.29) is 0 Å². The van der Waals surface area contributed by atoms with Crippen molar-refractivity contribution in [1.29, 1.82) is 0 Å². The molecule has 0 N–H and O–H groups in total. The highest BCUT2D eigenvalue weighted by Gasteiger charge is 2.06. The quantitative estimate of drug-likeness (QED) is 0.631. The molecule has 70 valence electrons. The number of nitrogens with zero attached hydrogens (tertiary/aromatic N) is 1. The molecular weight excluding hydrogens is 184 g/mol. The summed E-state index contributed by atoms with van der Waals surface area (Å²) in [6.45, 7) is 0. The van der Waals surface area contributed by atoms with E-state index in [0.29, 0.717) is 11.1 Å². The second kappa shape index (κ2) is 3.54. The van der Waals surface area contributed by atoms with Crippen molar-refractivity contribution in [2.45, 2.75) is 0 Å². The lowest BCUT2D eigenvalue weighted by Gasteiger charge is -2.01. The van der Waals surface area contributed by atoms with Crippen LogP contribution in [0.1, 0.15) is 0 Å². The Balaban J connectivity index is 2.53. The van der Waals surface area contributed by atoms with Crippen LogP contribution in [0.2, 0.25) is 0 Å². The average molecular weight is 191 g/mol. The molecule has 0 aliphatic rings. The minimum atomic E-state index is -0.804. The Bertz CT molecular complexity index is 440. The maximum absolute atomic E-state index is 13.2. The molecule has 1 heterocycles. The predicted octanol–water partition coefficient (Wildman–Crippen LogP) is 3.03. The Morgan fingerprint density at radius 2 is 1.57 bits per heavy atom. The van der Waals surface area contributed by atoms with E-state index in [4.69, 9.17) is 0 Å². The Kier molecular flexibility index (Phi) is 2.23. The fraction of sp³-hybridized carbons (Fsp3) is 0. The minimum Gasteiger partial charge on any atom is -0.190 e. The van der Waals surface area contributed by atoms with Gasteiger partial charge in [-0.15, -0.1) is 0 Å². The summed E-state index contributed by atoms with van der Waals surface area (Å²) in [7, 11) is 0. The van der Waals surface area contributed by atoms with E-state index >= 15 is 0 Å². The van der Waals surface area contributed by atoms with Crippen LogP contribution in [0.4, 0.5) is 8.78 Å². The second-order valence-electron chi connectivity index (χ2n) is 2.84. The average Bonchev–Trinajstić information content (AvgIpc) is 2.19. The van der Waals surface area contributed by atoms with Gasteiger partial charge in [-0.1, -0.05) is 30.3 Å². The zero-order chi connectivity index (χ0) is 9.97. The SMILES string of the molecule is Fc1ccc(-c2ccccc2)c(F)n1. The van der Waals surface area contributed by atoms with Crippen LogP contribution in [0, 0.1) is 11.9 Å². The van der Waals surface area contributed by atoms with Gasteiger partial charge in [0.2, 0.25) is 11.9 Å². The van der Waals surface area contributed by atoms with Gasteiger partial charge in [-0.2, -0.15) is 13.8 Å². The Hall–Kier alpha value is -1.77. The van der Waals surface area contributed by atoms with Crippen LogP contribution in [0.3, 0.4) is 0 Å². The molecule has 2 rings (SSSR count). The summed E-state index contributed by atoms with van der Waals surface area (Å²) in [5, 5.41) is 0. The van der Waals surface area contributed by atoms with Crippen molar-refractivity contribution < 1.29 is 8.78 Å². The standard InChI is InChI=1S/C11H7F2N/c12-10-7-6-9(11(13)14-10)8-4-2-1-3-5-8/h1-7H. The summed E-state index contributed by atoms with van der Waals surface area (Å²) in [6.07, 6.45) is 0. The van der Waals surface area contributed by atoms with Crippen molar-refractivity contribution in [3.05, 3.63) is 54.4 Å². The molecule has 1 aromatic carbocycles. The minimum absolute atomic E-state index is 0.312. The highest BCUT2D eigenvalue weighted by molar-refractivity contribution is 5.62. The third kappa shape index (κ3) is 1.62. The molecule has 0 atom stereocenters. The van der Waals surface area contributed by atoms with Crippen LogP contribution in [-0.4, -0.2) is 4.98 Å². The van der Waals surface area contributed by atoms with E-state index in [1.165, 1.54) is 6.07 Å².